The minimum Gasteiger partial charge on any atom is -0.317 e. The van der Waals surface area contributed by atoms with Crippen molar-refractivity contribution in [2.45, 2.75) is 24.7 Å². The summed E-state index contributed by atoms with van der Waals surface area (Å²) in [6.45, 7) is 4.47. The summed E-state index contributed by atoms with van der Waals surface area (Å²) in [7, 11) is 0. The summed E-state index contributed by atoms with van der Waals surface area (Å²) in [6.07, 6.45) is 2.45. The molecule has 0 aliphatic carbocycles. The Morgan fingerprint density at radius 3 is 2.93 bits per heavy atom. The van der Waals surface area contributed by atoms with Gasteiger partial charge in [0.2, 0.25) is 0 Å². The molecule has 1 aromatic carbocycles. The molecule has 0 fully saturated rings. The molecular weight excluding hydrogens is 270 g/mol. The van der Waals surface area contributed by atoms with Gasteiger partial charge in [-0.3, -0.25) is 0 Å². The van der Waals surface area contributed by atoms with Crippen molar-refractivity contribution < 1.29 is 0 Å². The van der Waals surface area contributed by atoms with Crippen molar-refractivity contribution in [3.8, 4) is 0 Å². The van der Waals surface area contributed by atoms with E-state index < -0.39 is 0 Å². The summed E-state index contributed by atoms with van der Waals surface area (Å²) in [4.78, 5) is 1.35. The van der Waals surface area contributed by atoms with Gasteiger partial charge in [-0.1, -0.05) is 28.9 Å². The highest BCUT2D eigenvalue weighted by Crippen LogP contribution is 2.22. The van der Waals surface area contributed by atoms with Crippen LogP contribution in [0.4, 0.5) is 0 Å². The smallest absolute Gasteiger partial charge is 0.0186 e. The maximum atomic E-state index is 3.48. The molecule has 15 heavy (non-hydrogen) atoms. The molecule has 0 aliphatic rings. The monoisotopic (exact) mass is 287 g/mol. The zero-order chi connectivity index (χ0) is 10.9. The van der Waals surface area contributed by atoms with Gasteiger partial charge in [-0.25, -0.2) is 0 Å². The van der Waals surface area contributed by atoms with E-state index in [2.05, 4.69) is 52.4 Å². The number of benzene rings is 1. The number of halogens is 1. The lowest BCUT2D eigenvalue weighted by Gasteiger charge is -2.03. The molecule has 0 aromatic heterocycles. The molecular formula is C12H18BrNS. The molecule has 1 aromatic rings. The van der Waals surface area contributed by atoms with Crippen molar-refractivity contribution in [1.82, 2.24) is 5.32 Å². The standard InChI is InChI=1S/C12H18BrNS/c1-2-7-14-8-4-9-15-12-6-3-5-11(13)10-12/h3,5-6,10,14H,2,4,7-9H2,1H3. The van der Waals surface area contributed by atoms with E-state index >= 15 is 0 Å². The minimum absolute atomic E-state index is 1.13. The molecule has 1 N–H and O–H groups in total. The van der Waals surface area contributed by atoms with Crippen LogP contribution in [-0.2, 0) is 0 Å². The topological polar surface area (TPSA) is 12.0 Å². The highest BCUT2D eigenvalue weighted by molar-refractivity contribution is 9.10. The summed E-state index contributed by atoms with van der Waals surface area (Å²) >= 11 is 5.40. The van der Waals surface area contributed by atoms with Crippen LogP contribution in [0.15, 0.2) is 33.6 Å². The first-order valence-corrected chi connectivity index (χ1v) is 7.20. The second kappa shape index (κ2) is 8.20. The molecule has 0 spiro atoms. The second-order valence-electron chi connectivity index (χ2n) is 3.41. The molecule has 0 aliphatic heterocycles. The molecule has 0 bridgehead atoms. The van der Waals surface area contributed by atoms with E-state index in [1.807, 2.05) is 11.8 Å². The predicted molar refractivity (Wildman–Crippen MR) is 72.6 cm³/mol. The van der Waals surface area contributed by atoms with Gasteiger partial charge in [0.15, 0.2) is 0 Å². The lowest BCUT2D eigenvalue weighted by molar-refractivity contribution is 0.664. The van der Waals surface area contributed by atoms with E-state index in [9.17, 15) is 0 Å². The highest BCUT2D eigenvalue weighted by Gasteiger charge is 1.94. The van der Waals surface area contributed by atoms with Gasteiger partial charge in [0, 0.05) is 9.37 Å². The van der Waals surface area contributed by atoms with Crippen molar-refractivity contribution in [3.05, 3.63) is 28.7 Å². The molecule has 0 saturated heterocycles. The van der Waals surface area contributed by atoms with E-state index in [1.54, 1.807) is 0 Å². The number of nitrogens with one attached hydrogen (secondary N) is 1. The largest absolute Gasteiger partial charge is 0.317 e. The fourth-order valence-electron chi connectivity index (χ4n) is 1.25. The number of thioether (sulfide) groups is 1. The Kier molecular flexibility index (Phi) is 7.14. The van der Waals surface area contributed by atoms with E-state index in [1.165, 1.54) is 23.5 Å². The van der Waals surface area contributed by atoms with Crippen LogP contribution in [0.2, 0.25) is 0 Å². The van der Waals surface area contributed by atoms with E-state index in [4.69, 9.17) is 0 Å². The normalized spacial score (nSPS) is 10.5. The second-order valence-corrected chi connectivity index (χ2v) is 5.49. The zero-order valence-electron chi connectivity index (χ0n) is 9.13. The average Bonchev–Trinajstić information content (AvgIpc) is 2.23. The molecule has 3 heteroatoms. The Balaban J connectivity index is 2.10. The van der Waals surface area contributed by atoms with Crippen LogP contribution in [0.3, 0.4) is 0 Å². The van der Waals surface area contributed by atoms with E-state index in [0.29, 0.717) is 0 Å². The molecule has 1 nitrogen and oxygen atoms in total. The lowest BCUT2D eigenvalue weighted by atomic mass is 10.4. The first kappa shape index (κ1) is 13.1. The first-order valence-electron chi connectivity index (χ1n) is 5.42. The van der Waals surface area contributed by atoms with Crippen LogP contribution in [0.5, 0.6) is 0 Å². The fourth-order valence-corrected chi connectivity index (χ4v) is 2.71. The van der Waals surface area contributed by atoms with Gasteiger partial charge in [-0.15, -0.1) is 11.8 Å². The van der Waals surface area contributed by atoms with Crippen molar-refractivity contribution >= 4 is 27.7 Å². The number of hydrogen-bond donors (Lipinski definition) is 1. The Morgan fingerprint density at radius 1 is 1.33 bits per heavy atom. The number of rotatable bonds is 7. The molecule has 0 radical (unpaired) electrons. The Bertz CT molecular complexity index is 278. The summed E-state index contributed by atoms with van der Waals surface area (Å²) in [5.41, 5.74) is 0. The predicted octanol–water partition coefficient (Wildman–Crippen LogP) is 3.93. The summed E-state index contributed by atoms with van der Waals surface area (Å²) < 4.78 is 1.16. The molecule has 0 atom stereocenters. The third-order valence-electron chi connectivity index (χ3n) is 1.99. The maximum Gasteiger partial charge on any atom is 0.0186 e. The molecule has 0 amide bonds. The van der Waals surface area contributed by atoms with E-state index in [0.717, 1.165) is 17.6 Å². The summed E-state index contributed by atoms with van der Waals surface area (Å²) in [5, 5.41) is 3.41. The Labute approximate surface area is 105 Å². The molecule has 84 valence electrons. The van der Waals surface area contributed by atoms with Crippen molar-refractivity contribution in [3.63, 3.8) is 0 Å². The number of hydrogen-bond acceptors (Lipinski definition) is 2. The average molecular weight is 288 g/mol. The van der Waals surface area contributed by atoms with Crippen molar-refractivity contribution in [2.24, 2.45) is 0 Å². The van der Waals surface area contributed by atoms with E-state index in [-0.39, 0.29) is 0 Å². The summed E-state index contributed by atoms with van der Waals surface area (Å²) in [6, 6.07) is 8.48. The van der Waals surface area contributed by atoms with Crippen LogP contribution >= 0.6 is 27.7 Å². The van der Waals surface area contributed by atoms with Crippen molar-refractivity contribution in [1.29, 1.82) is 0 Å². The quantitative estimate of drug-likeness (QED) is 0.602. The molecule has 1 rings (SSSR count). The van der Waals surface area contributed by atoms with Gasteiger partial charge in [0.05, 0.1) is 0 Å². The first-order chi connectivity index (χ1) is 7.33. The van der Waals surface area contributed by atoms with Crippen LogP contribution in [0.1, 0.15) is 19.8 Å². The summed E-state index contributed by atoms with van der Waals surface area (Å²) in [5.74, 6) is 1.19. The maximum absolute atomic E-state index is 3.48. The van der Waals surface area contributed by atoms with Crippen LogP contribution in [0, 0.1) is 0 Å². The van der Waals surface area contributed by atoms with Crippen LogP contribution < -0.4 is 5.32 Å². The fraction of sp³-hybridized carbons (Fsp3) is 0.500. The van der Waals surface area contributed by atoms with Gasteiger partial charge in [-0.2, -0.15) is 0 Å². The molecule has 0 heterocycles. The van der Waals surface area contributed by atoms with Gasteiger partial charge in [-0.05, 0) is 49.9 Å². The SMILES string of the molecule is CCCNCCCSc1cccc(Br)c1. The van der Waals surface area contributed by atoms with Gasteiger partial charge < -0.3 is 5.32 Å². The van der Waals surface area contributed by atoms with Gasteiger partial charge >= 0.3 is 0 Å². The van der Waals surface area contributed by atoms with Gasteiger partial charge in [0.1, 0.15) is 0 Å². The van der Waals surface area contributed by atoms with Crippen LogP contribution in [-0.4, -0.2) is 18.8 Å². The Hall–Kier alpha value is 0.01000. The third-order valence-corrected chi connectivity index (χ3v) is 3.56. The minimum atomic E-state index is 1.13. The van der Waals surface area contributed by atoms with Gasteiger partial charge in [0.25, 0.3) is 0 Å². The molecule has 0 saturated carbocycles. The van der Waals surface area contributed by atoms with Crippen molar-refractivity contribution in [2.75, 3.05) is 18.8 Å². The van der Waals surface area contributed by atoms with Crippen LogP contribution in [0.25, 0.3) is 0 Å². The lowest BCUT2D eigenvalue weighted by Crippen LogP contribution is -2.16. The molecule has 0 unspecified atom stereocenters. The Morgan fingerprint density at radius 2 is 2.20 bits per heavy atom. The third kappa shape index (κ3) is 6.23. The zero-order valence-corrected chi connectivity index (χ0v) is 11.5. The highest BCUT2D eigenvalue weighted by atomic mass is 79.9.